The first-order chi connectivity index (χ1) is 18.1. The maximum absolute atomic E-state index is 14.0. The molecule has 2 fully saturated rings. The predicted molar refractivity (Wildman–Crippen MR) is 148 cm³/mol. The van der Waals surface area contributed by atoms with Crippen LogP contribution in [-0.4, -0.2) is 78.5 Å². The fourth-order valence-corrected chi connectivity index (χ4v) is 6.53. The van der Waals surface area contributed by atoms with Crippen LogP contribution in [0.5, 0.6) is 0 Å². The number of hydrogen-bond donors (Lipinski definition) is 1. The summed E-state index contributed by atoms with van der Waals surface area (Å²) in [5.41, 5.74) is 4.86. The number of aromatic nitrogens is 1. The molecule has 0 spiro atoms. The molecule has 3 aliphatic heterocycles. The number of fused-ring (bicyclic) bond motifs is 2. The molecule has 3 aromatic rings. The Kier molecular flexibility index (Phi) is 6.63. The largest absolute Gasteiger partial charge is 0.368 e. The monoisotopic (exact) mass is 499 g/mol. The maximum atomic E-state index is 14.0. The van der Waals surface area contributed by atoms with Gasteiger partial charge in [-0.05, 0) is 55.5 Å². The first-order valence-electron chi connectivity index (χ1n) is 13.8. The molecule has 3 aliphatic rings. The molecule has 2 amide bonds. The molecule has 0 saturated carbocycles. The number of para-hydroxylation sites is 1. The number of benzene rings is 2. The SMILES string of the molecule is CC(=O)N1CCC(C(=O)N2c3ccccc3CCC2CN2CCN(c3cccc4[nH]ccc34)CC2)CC1. The number of hydrogen-bond acceptors (Lipinski definition) is 4. The summed E-state index contributed by atoms with van der Waals surface area (Å²) < 4.78 is 0. The van der Waals surface area contributed by atoms with Gasteiger partial charge in [0.05, 0.1) is 0 Å². The molecule has 0 aliphatic carbocycles. The highest BCUT2D eigenvalue weighted by Gasteiger charge is 2.37. The van der Waals surface area contributed by atoms with Crippen molar-refractivity contribution in [3.05, 3.63) is 60.3 Å². The standard InChI is InChI=1S/C30H37N5O2/c1-22(36)33-15-12-24(13-16-33)30(37)35-25(10-9-23-5-2-3-7-28(23)35)21-32-17-19-34(20-18-32)29-8-4-6-27-26(29)11-14-31-27/h2-8,11,14,24-25,31H,9-10,12-13,15-21H2,1H3. The van der Waals surface area contributed by atoms with E-state index < -0.39 is 0 Å². The van der Waals surface area contributed by atoms with Gasteiger partial charge in [0, 0.05) is 93.2 Å². The number of nitrogens with one attached hydrogen (secondary N) is 1. The highest BCUT2D eigenvalue weighted by Crippen LogP contribution is 2.34. The second-order valence-electron chi connectivity index (χ2n) is 10.8. The van der Waals surface area contributed by atoms with Gasteiger partial charge in [-0.1, -0.05) is 24.3 Å². The zero-order valence-electron chi connectivity index (χ0n) is 21.7. The summed E-state index contributed by atoms with van der Waals surface area (Å²) in [6, 6.07) is 17.3. The molecule has 4 heterocycles. The van der Waals surface area contributed by atoms with Crippen LogP contribution >= 0.6 is 0 Å². The Morgan fingerprint density at radius 1 is 0.865 bits per heavy atom. The van der Waals surface area contributed by atoms with Crippen molar-refractivity contribution in [2.75, 3.05) is 55.6 Å². The minimum atomic E-state index is -0.0112. The molecule has 0 radical (unpaired) electrons. The van der Waals surface area contributed by atoms with Crippen LogP contribution in [0.15, 0.2) is 54.7 Å². The highest BCUT2D eigenvalue weighted by atomic mass is 16.2. The number of anilines is 2. The molecule has 2 saturated heterocycles. The third-order valence-electron chi connectivity index (χ3n) is 8.64. The fraction of sp³-hybridized carbons (Fsp3) is 0.467. The minimum Gasteiger partial charge on any atom is -0.368 e. The Morgan fingerprint density at radius 3 is 2.41 bits per heavy atom. The van der Waals surface area contributed by atoms with E-state index in [1.807, 2.05) is 11.1 Å². The summed E-state index contributed by atoms with van der Waals surface area (Å²) in [5.74, 6) is 0.347. The van der Waals surface area contributed by atoms with Crippen LogP contribution in [0.1, 0.15) is 31.7 Å². The van der Waals surface area contributed by atoms with E-state index in [4.69, 9.17) is 0 Å². The van der Waals surface area contributed by atoms with Gasteiger partial charge in [-0.2, -0.15) is 0 Å². The van der Waals surface area contributed by atoms with Crippen molar-refractivity contribution in [3.8, 4) is 0 Å². The summed E-state index contributed by atoms with van der Waals surface area (Å²) in [7, 11) is 0. The van der Waals surface area contributed by atoms with Gasteiger partial charge in [-0.15, -0.1) is 0 Å². The lowest BCUT2D eigenvalue weighted by Gasteiger charge is -2.44. The van der Waals surface area contributed by atoms with E-state index in [-0.39, 0.29) is 23.8 Å². The molecule has 1 unspecified atom stereocenters. The van der Waals surface area contributed by atoms with Crippen molar-refractivity contribution in [1.82, 2.24) is 14.8 Å². The number of rotatable bonds is 4. The smallest absolute Gasteiger partial charge is 0.230 e. The summed E-state index contributed by atoms with van der Waals surface area (Å²) in [6.07, 6.45) is 5.54. The van der Waals surface area contributed by atoms with Crippen molar-refractivity contribution < 1.29 is 9.59 Å². The van der Waals surface area contributed by atoms with Crippen LogP contribution in [-0.2, 0) is 16.0 Å². The van der Waals surface area contributed by atoms with Gasteiger partial charge >= 0.3 is 0 Å². The Hall–Kier alpha value is -3.32. The average molecular weight is 500 g/mol. The van der Waals surface area contributed by atoms with Crippen molar-refractivity contribution in [3.63, 3.8) is 0 Å². The molecular formula is C30H37N5O2. The third kappa shape index (κ3) is 4.73. The number of carbonyl (C=O) groups excluding carboxylic acids is 2. The molecule has 1 aromatic heterocycles. The number of aryl methyl sites for hydroxylation is 1. The zero-order valence-corrected chi connectivity index (χ0v) is 21.7. The lowest BCUT2D eigenvalue weighted by Crippen LogP contribution is -2.55. The van der Waals surface area contributed by atoms with Gasteiger partial charge in [0.2, 0.25) is 11.8 Å². The van der Waals surface area contributed by atoms with Gasteiger partial charge in [0.1, 0.15) is 0 Å². The zero-order chi connectivity index (χ0) is 25.4. The van der Waals surface area contributed by atoms with Gasteiger partial charge in [0.15, 0.2) is 0 Å². The van der Waals surface area contributed by atoms with E-state index in [1.165, 1.54) is 22.2 Å². The molecule has 37 heavy (non-hydrogen) atoms. The predicted octanol–water partition coefficient (Wildman–Crippen LogP) is 3.90. The first-order valence-corrected chi connectivity index (χ1v) is 13.8. The fourth-order valence-electron chi connectivity index (χ4n) is 6.53. The van der Waals surface area contributed by atoms with E-state index in [0.717, 1.165) is 64.1 Å². The van der Waals surface area contributed by atoms with Gasteiger partial charge in [-0.3, -0.25) is 14.5 Å². The summed E-state index contributed by atoms with van der Waals surface area (Å²) in [4.78, 5) is 38.2. The van der Waals surface area contributed by atoms with E-state index in [9.17, 15) is 9.59 Å². The minimum absolute atomic E-state index is 0.0112. The van der Waals surface area contributed by atoms with Crippen LogP contribution in [0, 0.1) is 5.92 Å². The number of aromatic amines is 1. The van der Waals surface area contributed by atoms with Crippen molar-refractivity contribution in [2.24, 2.45) is 5.92 Å². The Balaban J connectivity index is 1.15. The maximum Gasteiger partial charge on any atom is 0.230 e. The molecular weight excluding hydrogens is 462 g/mol. The number of H-pyrrole nitrogens is 1. The molecule has 2 aromatic carbocycles. The van der Waals surface area contributed by atoms with Crippen LogP contribution in [0.2, 0.25) is 0 Å². The van der Waals surface area contributed by atoms with Crippen molar-refractivity contribution in [2.45, 2.75) is 38.6 Å². The van der Waals surface area contributed by atoms with Crippen LogP contribution < -0.4 is 9.80 Å². The molecule has 6 rings (SSSR count). The molecule has 7 heteroatoms. The Labute approximate surface area is 219 Å². The first kappa shape index (κ1) is 24.0. The normalized spacial score (nSPS) is 21.3. The van der Waals surface area contributed by atoms with E-state index >= 15 is 0 Å². The van der Waals surface area contributed by atoms with Gasteiger partial charge in [-0.25, -0.2) is 0 Å². The summed E-state index contributed by atoms with van der Waals surface area (Å²) in [5, 5.41) is 1.28. The molecule has 1 N–H and O–H groups in total. The van der Waals surface area contributed by atoms with E-state index in [1.54, 1.807) is 6.92 Å². The van der Waals surface area contributed by atoms with Crippen LogP contribution in [0.3, 0.4) is 0 Å². The Morgan fingerprint density at radius 2 is 1.62 bits per heavy atom. The topological polar surface area (TPSA) is 62.9 Å². The van der Waals surface area contributed by atoms with E-state index in [0.29, 0.717) is 13.1 Å². The van der Waals surface area contributed by atoms with Gasteiger partial charge < -0.3 is 19.7 Å². The van der Waals surface area contributed by atoms with Crippen LogP contribution in [0.25, 0.3) is 10.9 Å². The molecule has 0 bridgehead atoms. The third-order valence-corrected chi connectivity index (χ3v) is 8.64. The number of nitrogens with zero attached hydrogens (tertiary/aromatic N) is 4. The number of likely N-dealkylation sites (tertiary alicyclic amines) is 1. The quantitative estimate of drug-likeness (QED) is 0.592. The second kappa shape index (κ2) is 10.2. The lowest BCUT2D eigenvalue weighted by atomic mass is 9.90. The van der Waals surface area contributed by atoms with Gasteiger partial charge in [0.25, 0.3) is 0 Å². The highest BCUT2D eigenvalue weighted by molar-refractivity contribution is 5.97. The second-order valence-corrected chi connectivity index (χ2v) is 10.8. The molecule has 7 nitrogen and oxygen atoms in total. The number of piperidine rings is 1. The van der Waals surface area contributed by atoms with E-state index in [2.05, 4.69) is 68.2 Å². The lowest BCUT2D eigenvalue weighted by molar-refractivity contribution is -0.133. The molecule has 1 atom stereocenters. The van der Waals surface area contributed by atoms with Crippen molar-refractivity contribution >= 4 is 34.1 Å². The average Bonchev–Trinajstić information content (AvgIpc) is 3.42. The summed E-state index contributed by atoms with van der Waals surface area (Å²) >= 11 is 0. The summed E-state index contributed by atoms with van der Waals surface area (Å²) in [6.45, 7) is 7.88. The number of piperazine rings is 1. The number of amides is 2. The molecule has 194 valence electrons. The number of carbonyl (C=O) groups is 2. The van der Waals surface area contributed by atoms with Crippen LogP contribution in [0.4, 0.5) is 11.4 Å². The van der Waals surface area contributed by atoms with Crippen molar-refractivity contribution in [1.29, 1.82) is 0 Å². The Bertz CT molecular complexity index is 1270.